The van der Waals surface area contributed by atoms with Crippen molar-refractivity contribution in [2.45, 2.75) is 58.4 Å². The van der Waals surface area contributed by atoms with E-state index in [1.54, 1.807) is 0 Å². The van der Waals surface area contributed by atoms with Gasteiger partial charge in [-0.05, 0) is 18.4 Å². The molecule has 1 aromatic rings. The first kappa shape index (κ1) is 17.7. The fourth-order valence-electron chi connectivity index (χ4n) is 2.44. The second-order valence-electron chi connectivity index (χ2n) is 5.63. The van der Waals surface area contributed by atoms with E-state index in [-0.39, 0.29) is 5.91 Å². The SMILES string of the molecule is CCCCCN(CCCCC)C(=O)C(N)c1ccccc1. The van der Waals surface area contributed by atoms with Crippen LogP contribution in [0.3, 0.4) is 0 Å². The van der Waals surface area contributed by atoms with E-state index in [2.05, 4.69) is 13.8 Å². The maximum atomic E-state index is 12.6. The zero-order valence-corrected chi connectivity index (χ0v) is 13.6. The molecule has 1 aromatic carbocycles. The Morgan fingerprint density at radius 3 is 2.00 bits per heavy atom. The van der Waals surface area contributed by atoms with Gasteiger partial charge in [0, 0.05) is 13.1 Å². The molecule has 0 radical (unpaired) electrons. The molecule has 1 rings (SSSR count). The van der Waals surface area contributed by atoms with E-state index in [0.29, 0.717) is 0 Å². The van der Waals surface area contributed by atoms with Gasteiger partial charge in [-0.2, -0.15) is 0 Å². The Morgan fingerprint density at radius 2 is 1.52 bits per heavy atom. The summed E-state index contributed by atoms with van der Waals surface area (Å²) in [6.45, 7) is 6.02. The number of unbranched alkanes of at least 4 members (excludes halogenated alkanes) is 4. The highest BCUT2D eigenvalue weighted by molar-refractivity contribution is 5.83. The summed E-state index contributed by atoms with van der Waals surface area (Å²) in [7, 11) is 0. The van der Waals surface area contributed by atoms with Crippen LogP contribution in [0.25, 0.3) is 0 Å². The van der Waals surface area contributed by atoms with Crippen molar-refractivity contribution in [1.29, 1.82) is 0 Å². The molecular weight excluding hydrogens is 260 g/mol. The molecule has 1 amide bonds. The first-order chi connectivity index (χ1) is 10.2. The van der Waals surface area contributed by atoms with Gasteiger partial charge in [0.1, 0.15) is 6.04 Å². The van der Waals surface area contributed by atoms with Crippen molar-refractivity contribution < 1.29 is 4.79 Å². The number of carbonyl (C=O) groups is 1. The maximum absolute atomic E-state index is 12.6. The number of nitrogens with zero attached hydrogens (tertiary/aromatic N) is 1. The highest BCUT2D eigenvalue weighted by Crippen LogP contribution is 2.14. The van der Waals surface area contributed by atoms with Crippen LogP contribution in [-0.4, -0.2) is 23.9 Å². The molecule has 3 heteroatoms. The summed E-state index contributed by atoms with van der Waals surface area (Å²) in [5, 5.41) is 0. The minimum Gasteiger partial charge on any atom is -0.341 e. The van der Waals surface area contributed by atoms with Gasteiger partial charge < -0.3 is 10.6 Å². The van der Waals surface area contributed by atoms with E-state index in [0.717, 1.165) is 44.3 Å². The van der Waals surface area contributed by atoms with Gasteiger partial charge in [-0.25, -0.2) is 0 Å². The normalized spacial score (nSPS) is 12.1. The molecule has 0 aliphatic rings. The van der Waals surface area contributed by atoms with E-state index in [1.165, 1.54) is 12.8 Å². The summed E-state index contributed by atoms with van der Waals surface area (Å²) in [5.74, 6) is 0.0633. The van der Waals surface area contributed by atoms with Crippen molar-refractivity contribution in [2.24, 2.45) is 5.73 Å². The van der Waals surface area contributed by atoms with Gasteiger partial charge in [0.2, 0.25) is 5.91 Å². The molecule has 0 aliphatic carbocycles. The van der Waals surface area contributed by atoms with E-state index in [9.17, 15) is 4.79 Å². The molecule has 0 spiro atoms. The first-order valence-corrected chi connectivity index (χ1v) is 8.30. The summed E-state index contributed by atoms with van der Waals surface area (Å²) in [5.41, 5.74) is 7.06. The van der Waals surface area contributed by atoms with Crippen LogP contribution in [0, 0.1) is 0 Å². The van der Waals surface area contributed by atoms with Gasteiger partial charge in [-0.15, -0.1) is 0 Å². The zero-order valence-electron chi connectivity index (χ0n) is 13.6. The Balaban J connectivity index is 2.63. The Kier molecular flexibility index (Phi) is 8.76. The first-order valence-electron chi connectivity index (χ1n) is 8.30. The number of hydrogen-bond acceptors (Lipinski definition) is 2. The number of nitrogens with two attached hydrogens (primary N) is 1. The van der Waals surface area contributed by atoms with Crippen LogP contribution in [0.4, 0.5) is 0 Å². The second-order valence-corrected chi connectivity index (χ2v) is 5.63. The molecule has 2 N–H and O–H groups in total. The highest BCUT2D eigenvalue weighted by Gasteiger charge is 2.21. The predicted molar refractivity (Wildman–Crippen MR) is 89.0 cm³/mol. The lowest BCUT2D eigenvalue weighted by Crippen LogP contribution is -2.39. The highest BCUT2D eigenvalue weighted by atomic mass is 16.2. The molecule has 1 unspecified atom stereocenters. The lowest BCUT2D eigenvalue weighted by molar-refractivity contribution is -0.133. The van der Waals surface area contributed by atoms with E-state index in [1.807, 2.05) is 35.2 Å². The van der Waals surface area contributed by atoms with E-state index < -0.39 is 6.04 Å². The number of carbonyl (C=O) groups excluding carboxylic acids is 1. The molecule has 118 valence electrons. The zero-order chi connectivity index (χ0) is 15.5. The fraction of sp³-hybridized carbons (Fsp3) is 0.611. The van der Waals surface area contributed by atoms with Crippen molar-refractivity contribution >= 4 is 5.91 Å². The van der Waals surface area contributed by atoms with Crippen molar-refractivity contribution in [2.75, 3.05) is 13.1 Å². The van der Waals surface area contributed by atoms with Gasteiger partial charge in [0.25, 0.3) is 0 Å². The molecule has 21 heavy (non-hydrogen) atoms. The monoisotopic (exact) mass is 290 g/mol. The topological polar surface area (TPSA) is 46.3 Å². The van der Waals surface area contributed by atoms with E-state index >= 15 is 0 Å². The number of rotatable bonds is 10. The van der Waals surface area contributed by atoms with Crippen LogP contribution in [-0.2, 0) is 4.79 Å². The van der Waals surface area contributed by atoms with Gasteiger partial charge >= 0.3 is 0 Å². The summed E-state index contributed by atoms with van der Waals surface area (Å²) in [4.78, 5) is 14.6. The maximum Gasteiger partial charge on any atom is 0.244 e. The average Bonchev–Trinajstić information content (AvgIpc) is 2.53. The largest absolute Gasteiger partial charge is 0.341 e. The van der Waals surface area contributed by atoms with Gasteiger partial charge in [-0.1, -0.05) is 69.9 Å². The van der Waals surface area contributed by atoms with Crippen molar-refractivity contribution in [3.8, 4) is 0 Å². The molecule has 0 bridgehead atoms. The summed E-state index contributed by atoms with van der Waals surface area (Å²) < 4.78 is 0. The van der Waals surface area contributed by atoms with Gasteiger partial charge in [0.15, 0.2) is 0 Å². The lowest BCUT2D eigenvalue weighted by Gasteiger charge is -2.26. The predicted octanol–water partition coefficient (Wildman–Crippen LogP) is 3.90. The summed E-state index contributed by atoms with van der Waals surface area (Å²) in [6.07, 6.45) is 6.80. The minimum absolute atomic E-state index is 0.0633. The van der Waals surface area contributed by atoms with Crippen LogP contribution >= 0.6 is 0 Å². The summed E-state index contributed by atoms with van der Waals surface area (Å²) >= 11 is 0. The fourth-order valence-corrected chi connectivity index (χ4v) is 2.44. The van der Waals surface area contributed by atoms with Crippen molar-refractivity contribution in [1.82, 2.24) is 4.90 Å². The number of hydrogen-bond donors (Lipinski definition) is 1. The third kappa shape index (κ3) is 6.30. The van der Waals surface area contributed by atoms with Crippen LogP contribution in [0.5, 0.6) is 0 Å². The quantitative estimate of drug-likeness (QED) is 0.664. The Hall–Kier alpha value is -1.35. The Morgan fingerprint density at radius 1 is 1.00 bits per heavy atom. The summed E-state index contributed by atoms with van der Waals surface area (Å²) in [6, 6.07) is 9.13. The second kappa shape index (κ2) is 10.4. The minimum atomic E-state index is -0.533. The number of amides is 1. The smallest absolute Gasteiger partial charge is 0.244 e. The van der Waals surface area contributed by atoms with Crippen LogP contribution < -0.4 is 5.73 Å². The molecular formula is C18H30N2O. The van der Waals surface area contributed by atoms with Crippen LogP contribution in [0.15, 0.2) is 30.3 Å². The van der Waals surface area contributed by atoms with Gasteiger partial charge in [-0.3, -0.25) is 4.79 Å². The Labute approximate surface area is 129 Å². The Bertz CT molecular complexity index is 381. The lowest BCUT2D eigenvalue weighted by atomic mass is 10.1. The van der Waals surface area contributed by atoms with Crippen LogP contribution in [0.2, 0.25) is 0 Å². The molecule has 0 heterocycles. The van der Waals surface area contributed by atoms with E-state index in [4.69, 9.17) is 5.73 Å². The number of benzene rings is 1. The van der Waals surface area contributed by atoms with Crippen molar-refractivity contribution in [3.63, 3.8) is 0 Å². The molecule has 1 atom stereocenters. The molecule has 3 nitrogen and oxygen atoms in total. The third-order valence-electron chi connectivity index (χ3n) is 3.80. The molecule has 0 fully saturated rings. The standard InChI is InChI=1S/C18H30N2O/c1-3-5-10-14-20(15-11-6-4-2)18(21)17(19)16-12-8-7-9-13-16/h7-9,12-13,17H,3-6,10-11,14-15,19H2,1-2H3. The molecule has 0 saturated heterocycles. The third-order valence-corrected chi connectivity index (χ3v) is 3.80. The molecule has 0 aromatic heterocycles. The van der Waals surface area contributed by atoms with Crippen molar-refractivity contribution in [3.05, 3.63) is 35.9 Å². The average molecular weight is 290 g/mol. The van der Waals surface area contributed by atoms with Gasteiger partial charge in [0.05, 0.1) is 0 Å². The molecule has 0 saturated carbocycles. The molecule has 0 aliphatic heterocycles. The van der Waals surface area contributed by atoms with Crippen LogP contribution in [0.1, 0.15) is 64.0 Å².